The monoisotopic (exact) mass is 122 g/mol. The minimum atomic E-state index is 1.44. The molecule has 0 aromatic rings. The van der Waals surface area contributed by atoms with Gasteiger partial charge in [0.05, 0.1) is 0 Å². The van der Waals surface area contributed by atoms with Crippen LogP contribution >= 0.6 is 0 Å². The molecule has 0 heteroatoms. The summed E-state index contributed by atoms with van der Waals surface area (Å²) in [5, 5.41) is 0. The summed E-state index contributed by atoms with van der Waals surface area (Å²) in [5.74, 6) is 0. The Morgan fingerprint density at radius 1 is 0.556 bits per heavy atom. The van der Waals surface area contributed by atoms with Gasteiger partial charge in [-0.3, -0.25) is 0 Å². The van der Waals surface area contributed by atoms with E-state index in [4.69, 9.17) is 0 Å². The van der Waals surface area contributed by atoms with Gasteiger partial charge in [-0.1, -0.05) is 17.6 Å². The first-order chi connectivity index (χ1) is 4.47. The second-order valence-electron chi connectivity index (χ2n) is 3.27. The fourth-order valence-corrected chi connectivity index (χ4v) is 1.94. The molecule has 0 aromatic carbocycles. The van der Waals surface area contributed by atoms with Gasteiger partial charge in [-0.2, -0.15) is 0 Å². The van der Waals surface area contributed by atoms with Crippen LogP contribution in [0.25, 0.3) is 0 Å². The Morgan fingerprint density at radius 2 is 1.11 bits per heavy atom. The lowest BCUT2D eigenvalue weighted by Crippen LogP contribution is -2.01. The molecule has 0 radical (unpaired) electrons. The summed E-state index contributed by atoms with van der Waals surface area (Å²) in [4.78, 5) is 0. The summed E-state index contributed by atoms with van der Waals surface area (Å²) in [6.07, 6.45) is 10.2. The Bertz CT molecular complexity index is 126. The highest BCUT2D eigenvalue weighted by Gasteiger charge is 2.17. The van der Waals surface area contributed by atoms with Gasteiger partial charge < -0.3 is 0 Å². The highest BCUT2D eigenvalue weighted by atomic mass is 14.2. The molecular weight excluding hydrogens is 108 g/mol. The molecule has 0 aliphatic heterocycles. The SMILES string of the molecule is C1CCC2=C(CC1)CC2. The minimum absolute atomic E-state index is 1.44. The van der Waals surface area contributed by atoms with Gasteiger partial charge in [0, 0.05) is 0 Å². The van der Waals surface area contributed by atoms with Crippen molar-refractivity contribution in [1.82, 2.24) is 0 Å². The maximum atomic E-state index is 1.83. The summed E-state index contributed by atoms with van der Waals surface area (Å²) < 4.78 is 0. The summed E-state index contributed by atoms with van der Waals surface area (Å²) >= 11 is 0. The number of hydrogen-bond acceptors (Lipinski definition) is 0. The van der Waals surface area contributed by atoms with Gasteiger partial charge >= 0.3 is 0 Å². The molecule has 0 unspecified atom stereocenters. The molecule has 0 nitrogen and oxygen atoms in total. The molecule has 50 valence electrons. The van der Waals surface area contributed by atoms with Crippen LogP contribution in [0.3, 0.4) is 0 Å². The standard InChI is InChI=1S/C9H14/c1-2-4-8-6-7-9(8)5-3-1/h1-7H2. The fourth-order valence-electron chi connectivity index (χ4n) is 1.94. The molecule has 0 fully saturated rings. The topological polar surface area (TPSA) is 0 Å². The minimum Gasteiger partial charge on any atom is -0.0707 e. The first kappa shape index (κ1) is 5.52. The van der Waals surface area contributed by atoms with E-state index >= 15 is 0 Å². The van der Waals surface area contributed by atoms with E-state index in [1.807, 2.05) is 11.1 Å². The molecule has 9 heavy (non-hydrogen) atoms. The molecule has 0 atom stereocenters. The second-order valence-corrected chi connectivity index (χ2v) is 3.27. The highest BCUT2D eigenvalue weighted by molar-refractivity contribution is 5.25. The zero-order valence-corrected chi connectivity index (χ0v) is 5.95. The highest BCUT2D eigenvalue weighted by Crippen LogP contribution is 2.37. The molecule has 0 aromatic heterocycles. The van der Waals surface area contributed by atoms with Crippen molar-refractivity contribution in [1.29, 1.82) is 0 Å². The molecule has 0 heterocycles. The van der Waals surface area contributed by atoms with Crippen molar-refractivity contribution >= 4 is 0 Å². The third-order valence-corrected chi connectivity index (χ3v) is 2.69. The van der Waals surface area contributed by atoms with Gasteiger partial charge in [0.15, 0.2) is 0 Å². The van der Waals surface area contributed by atoms with Crippen LogP contribution in [0, 0.1) is 0 Å². The van der Waals surface area contributed by atoms with Crippen LogP contribution in [-0.4, -0.2) is 0 Å². The van der Waals surface area contributed by atoms with Crippen molar-refractivity contribution in [2.24, 2.45) is 0 Å². The normalized spacial score (nSPS) is 26.7. The third kappa shape index (κ3) is 0.910. The Balaban J connectivity index is 2.09. The zero-order chi connectivity index (χ0) is 6.10. The van der Waals surface area contributed by atoms with E-state index in [0.29, 0.717) is 0 Å². The zero-order valence-electron chi connectivity index (χ0n) is 5.95. The number of rotatable bonds is 0. The first-order valence-electron chi connectivity index (χ1n) is 4.16. The van der Waals surface area contributed by atoms with Crippen molar-refractivity contribution in [3.63, 3.8) is 0 Å². The van der Waals surface area contributed by atoms with Crippen molar-refractivity contribution in [3.8, 4) is 0 Å². The van der Waals surface area contributed by atoms with Gasteiger partial charge in [-0.05, 0) is 38.5 Å². The van der Waals surface area contributed by atoms with Gasteiger partial charge in [0.1, 0.15) is 0 Å². The van der Waals surface area contributed by atoms with Crippen LogP contribution in [0.4, 0.5) is 0 Å². The Kier molecular flexibility index (Phi) is 1.33. The van der Waals surface area contributed by atoms with Gasteiger partial charge in [0.25, 0.3) is 0 Å². The van der Waals surface area contributed by atoms with E-state index in [1.54, 1.807) is 0 Å². The van der Waals surface area contributed by atoms with Crippen molar-refractivity contribution in [2.75, 3.05) is 0 Å². The summed E-state index contributed by atoms with van der Waals surface area (Å²) in [6.45, 7) is 0. The molecular formula is C9H14. The van der Waals surface area contributed by atoms with Gasteiger partial charge in [-0.15, -0.1) is 0 Å². The molecule has 0 spiro atoms. The van der Waals surface area contributed by atoms with E-state index in [1.165, 1.54) is 44.9 Å². The fraction of sp³-hybridized carbons (Fsp3) is 0.778. The Hall–Kier alpha value is -0.260. The lowest BCUT2D eigenvalue weighted by atomic mass is 9.85. The predicted molar refractivity (Wildman–Crippen MR) is 39.3 cm³/mol. The summed E-state index contributed by atoms with van der Waals surface area (Å²) in [6, 6.07) is 0. The van der Waals surface area contributed by atoms with Gasteiger partial charge in [-0.25, -0.2) is 0 Å². The Labute approximate surface area is 57.0 Å². The van der Waals surface area contributed by atoms with E-state index in [-0.39, 0.29) is 0 Å². The maximum Gasteiger partial charge on any atom is -0.0280 e. The molecule has 0 saturated heterocycles. The van der Waals surface area contributed by atoms with E-state index in [0.717, 1.165) is 0 Å². The van der Waals surface area contributed by atoms with E-state index in [9.17, 15) is 0 Å². The number of hydrogen-bond donors (Lipinski definition) is 0. The van der Waals surface area contributed by atoms with Crippen LogP contribution in [0.1, 0.15) is 44.9 Å². The van der Waals surface area contributed by atoms with Crippen molar-refractivity contribution in [3.05, 3.63) is 11.1 Å². The molecule has 2 aliphatic carbocycles. The van der Waals surface area contributed by atoms with E-state index < -0.39 is 0 Å². The quantitative estimate of drug-likeness (QED) is 0.433. The maximum absolute atomic E-state index is 1.83. The summed E-state index contributed by atoms with van der Waals surface area (Å²) in [5.41, 5.74) is 3.65. The largest absolute Gasteiger partial charge is 0.0707 e. The van der Waals surface area contributed by atoms with E-state index in [2.05, 4.69) is 0 Å². The molecule has 2 aliphatic rings. The first-order valence-corrected chi connectivity index (χ1v) is 4.16. The third-order valence-electron chi connectivity index (χ3n) is 2.69. The molecule has 0 saturated carbocycles. The van der Waals surface area contributed by atoms with Crippen LogP contribution in [0.2, 0.25) is 0 Å². The van der Waals surface area contributed by atoms with Crippen LogP contribution < -0.4 is 0 Å². The Morgan fingerprint density at radius 3 is 1.56 bits per heavy atom. The lowest BCUT2D eigenvalue weighted by Gasteiger charge is -2.21. The number of allylic oxidation sites excluding steroid dienone is 2. The van der Waals surface area contributed by atoms with Gasteiger partial charge in [0.2, 0.25) is 0 Å². The second kappa shape index (κ2) is 2.17. The molecule has 2 rings (SSSR count). The van der Waals surface area contributed by atoms with Crippen LogP contribution in [0.5, 0.6) is 0 Å². The van der Waals surface area contributed by atoms with Crippen LogP contribution in [-0.2, 0) is 0 Å². The van der Waals surface area contributed by atoms with Crippen molar-refractivity contribution in [2.45, 2.75) is 44.9 Å². The summed E-state index contributed by atoms with van der Waals surface area (Å²) in [7, 11) is 0. The average molecular weight is 122 g/mol. The molecule has 0 bridgehead atoms. The average Bonchev–Trinajstić information content (AvgIpc) is 1.94. The molecule has 0 N–H and O–H groups in total. The molecule has 0 amide bonds. The lowest BCUT2D eigenvalue weighted by molar-refractivity contribution is 0.711. The van der Waals surface area contributed by atoms with Crippen molar-refractivity contribution < 1.29 is 0 Å². The van der Waals surface area contributed by atoms with Crippen LogP contribution in [0.15, 0.2) is 11.1 Å². The smallest absolute Gasteiger partial charge is 0.0280 e. The predicted octanol–water partition coefficient (Wildman–Crippen LogP) is 3.04.